The van der Waals surface area contributed by atoms with Crippen LogP contribution in [-0.2, 0) is 11.3 Å². The monoisotopic (exact) mass is 380 g/mol. The number of rotatable bonds is 3. The molecular formula is C20H29FN2O2S. The van der Waals surface area contributed by atoms with Gasteiger partial charge in [0.25, 0.3) is 0 Å². The molecule has 1 amide bonds. The molecule has 0 radical (unpaired) electrons. The lowest BCUT2D eigenvalue weighted by atomic mass is 9.72. The van der Waals surface area contributed by atoms with Gasteiger partial charge in [-0.05, 0) is 45.6 Å². The zero-order valence-corrected chi connectivity index (χ0v) is 16.7. The van der Waals surface area contributed by atoms with Crippen LogP contribution < -0.4 is 5.73 Å². The zero-order chi connectivity index (χ0) is 19.4. The number of hydrogen-bond donors (Lipinski definition) is 1. The van der Waals surface area contributed by atoms with Gasteiger partial charge in [-0.1, -0.05) is 42.5 Å². The average Bonchev–Trinajstić information content (AvgIpc) is 2.85. The summed E-state index contributed by atoms with van der Waals surface area (Å²) in [4.78, 5) is 13.1. The van der Waals surface area contributed by atoms with E-state index in [-0.39, 0.29) is 5.92 Å². The molecule has 0 bridgehead atoms. The van der Waals surface area contributed by atoms with Crippen LogP contribution in [-0.4, -0.2) is 33.8 Å². The van der Waals surface area contributed by atoms with E-state index in [1.54, 1.807) is 20.8 Å². The summed E-state index contributed by atoms with van der Waals surface area (Å²) in [6, 6.07) is 10.3. The molecule has 1 atom stereocenters. The minimum Gasteiger partial charge on any atom is -0.444 e. The smallest absolute Gasteiger partial charge is 0.405 e. The number of ether oxygens (including phenoxy) is 1. The first-order chi connectivity index (χ1) is 12.1. The molecule has 2 N–H and O–H groups in total. The Hall–Kier alpha value is -1.69. The molecule has 1 aromatic rings. The van der Waals surface area contributed by atoms with Crippen LogP contribution in [0.25, 0.3) is 0 Å². The number of alkyl halides is 1. The third kappa shape index (κ3) is 5.94. The molecule has 0 aromatic heterocycles. The second-order valence-electron chi connectivity index (χ2n) is 8.08. The van der Waals surface area contributed by atoms with Gasteiger partial charge in [0.1, 0.15) is 11.3 Å². The van der Waals surface area contributed by atoms with Crippen LogP contribution >= 0.6 is 12.2 Å². The summed E-state index contributed by atoms with van der Waals surface area (Å²) in [7, 11) is 0. The van der Waals surface area contributed by atoms with Gasteiger partial charge in [0.15, 0.2) is 0 Å². The maximum Gasteiger partial charge on any atom is 0.405 e. The van der Waals surface area contributed by atoms with Crippen molar-refractivity contribution < 1.29 is 13.9 Å². The summed E-state index contributed by atoms with van der Waals surface area (Å²) in [6.45, 7) is 6.91. The highest BCUT2D eigenvalue weighted by Gasteiger charge is 2.48. The Morgan fingerprint density at radius 3 is 2.38 bits per heavy atom. The first kappa shape index (κ1) is 20.6. The van der Waals surface area contributed by atoms with Crippen molar-refractivity contribution in [3.05, 3.63) is 35.9 Å². The SMILES string of the molecule is CC(C)(C)OC(N)=O.FC1(C2CC(=S)N(Cc3ccccc3)C2)CCC1. The van der Waals surface area contributed by atoms with Gasteiger partial charge in [0.2, 0.25) is 0 Å². The molecule has 2 fully saturated rings. The molecule has 1 heterocycles. The van der Waals surface area contributed by atoms with E-state index >= 15 is 0 Å². The number of thiocarbonyl (C=S) groups is 1. The summed E-state index contributed by atoms with van der Waals surface area (Å²) in [5, 5.41) is 0. The number of nitrogens with zero attached hydrogens (tertiary/aromatic N) is 1. The lowest BCUT2D eigenvalue weighted by Gasteiger charge is -2.38. The van der Waals surface area contributed by atoms with Crippen molar-refractivity contribution in [1.29, 1.82) is 0 Å². The molecule has 2 aliphatic rings. The average molecular weight is 381 g/mol. The fourth-order valence-corrected chi connectivity index (χ4v) is 3.64. The Morgan fingerprint density at radius 2 is 1.96 bits per heavy atom. The molecule has 6 heteroatoms. The quantitative estimate of drug-likeness (QED) is 0.778. The lowest BCUT2D eigenvalue weighted by Crippen LogP contribution is -2.41. The third-order valence-corrected chi connectivity index (χ3v) is 5.18. The van der Waals surface area contributed by atoms with Crippen LogP contribution in [0.1, 0.15) is 52.0 Å². The van der Waals surface area contributed by atoms with Gasteiger partial charge in [-0.3, -0.25) is 0 Å². The Balaban J connectivity index is 0.000000260. The zero-order valence-electron chi connectivity index (χ0n) is 15.8. The molecule has 1 saturated carbocycles. The molecule has 144 valence electrons. The second-order valence-corrected chi connectivity index (χ2v) is 8.55. The molecule has 3 rings (SSSR count). The summed E-state index contributed by atoms with van der Waals surface area (Å²) in [5.74, 6) is 0.127. The van der Waals surface area contributed by atoms with Gasteiger partial charge >= 0.3 is 6.09 Å². The van der Waals surface area contributed by atoms with E-state index in [0.29, 0.717) is 0 Å². The van der Waals surface area contributed by atoms with Gasteiger partial charge in [-0.25, -0.2) is 9.18 Å². The maximum absolute atomic E-state index is 14.4. The van der Waals surface area contributed by atoms with Gasteiger partial charge < -0.3 is 15.4 Å². The number of amides is 1. The van der Waals surface area contributed by atoms with Gasteiger partial charge in [0, 0.05) is 25.4 Å². The second kappa shape index (κ2) is 8.33. The predicted molar refractivity (Wildman–Crippen MR) is 106 cm³/mol. The largest absolute Gasteiger partial charge is 0.444 e. The first-order valence-electron chi connectivity index (χ1n) is 9.08. The van der Waals surface area contributed by atoms with E-state index in [1.165, 1.54) is 5.56 Å². The summed E-state index contributed by atoms with van der Waals surface area (Å²) < 4.78 is 19.0. The van der Waals surface area contributed by atoms with Crippen LogP contribution in [0.15, 0.2) is 30.3 Å². The third-order valence-electron chi connectivity index (χ3n) is 4.75. The van der Waals surface area contributed by atoms with Crippen molar-refractivity contribution >= 4 is 23.3 Å². The fourth-order valence-electron chi connectivity index (χ4n) is 3.30. The van der Waals surface area contributed by atoms with Crippen LogP contribution in [0.3, 0.4) is 0 Å². The van der Waals surface area contributed by atoms with E-state index in [1.807, 2.05) is 18.2 Å². The molecule has 1 aromatic carbocycles. The van der Waals surface area contributed by atoms with E-state index in [9.17, 15) is 9.18 Å². The Labute approximate surface area is 160 Å². The number of halogens is 1. The summed E-state index contributed by atoms with van der Waals surface area (Å²) >= 11 is 5.42. The van der Waals surface area contributed by atoms with E-state index in [2.05, 4.69) is 21.8 Å². The molecule has 1 saturated heterocycles. The number of carbonyl (C=O) groups is 1. The minimum atomic E-state index is -0.921. The number of benzene rings is 1. The number of carbonyl (C=O) groups excluding carboxylic acids is 1. The van der Waals surface area contributed by atoms with Crippen molar-refractivity contribution in [2.75, 3.05) is 6.54 Å². The highest BCUT2D eigenvalue weighted by molar-refractivity contribution is 7.80. The number of primary amides is 1. The standard InChI is InChI=1S/C15H18FNS.C5H11NO2/c16-15(7-4-8-15)13-9-14(18)17(11-13)10-12-5-2-1-3-6-12;1-5(2,3)8-4(6)7/h1-3,5-6,13H,4,7-11H2;1-3H3,(H2,6,7). The van der Waals surface area contributed by atoms with Crippen molar-refractivity contribution in [2.45, 2.75) is 64.3 Å². The van der Waals surface area contributed by atoms with Gasteiger partial charge in [0.05, 0.1) is 4.99 Å². The van der Waals surface area contributed by atoms with Crippen molar-refractivity contribution in [1.82, 2.24) is 4.90 Å². The molecule has 1 aliphatic carbocycles. The number of hydrogen-bond acceptors (Lipinski definition) is 3. The van der Waals surface area contributed by atoms with E-state index < -0.39 is 17.4 Å². The van der Waals surface area contributed by atoms with E-state index in [0.717, 1.165) is 43.8 Å². The van der Waals surface area contributed by atoms with Crippen LogP contribution in [0, 0.1) is 5.92 Å². The molecule has 1 unspecified atom stereocenters. The predicted octanol–water partition coefficient (Wildman–Crippen LogP) is 4.61. The molecule has 1 aliphatic heterocycles. The Morgan fingerprint density at radius 1 is 1.35 bits per heavy atom. The number of likely N-dealkylation sites (tertiary alicyclic amines) is 1. The lowest BCUT2D eigenvalue weighted by molar-refractivity contribution is 0.00296. The summed E-state index contributed by atoms with van der Waals surface area (Å²) in [5.41, 5.74) is 4.60. The van der Waals surface area contributed by atoms with Crippen molar-refractivity contribution in [3.8, 4) is 0 Å². The van der Waals surface area contributed by atoms with Crippen molar-refractivity contribution in [3.63, 3.8) is 0 Å². The number of nitrogens with two attached hydrogens (primary N) is 1. The maximum atomic E-state index is 14.4. The highest BCUT2D eigenvalue weighted by atomic mass is 32.1. The first-order valence-corrected chi connectivity index (χ1v) is 9.49. The van der Waals surface area contributed by atoms with E-state index in [4.69, 9.17) is 18.0 Å². The van der Waals surface area contributed by atoms with Crippen molar-refractivity contribution in [2.24, 2.45) is 11.7 Å². The Kier molecular flexibility index (Phi) is 6.61. The Bertz CT molecular complexity index is 626. The molecular weight excluding hydrogens is 351 g/mol. The highest BCUT2D eigenvalue weighted by Crippen LogP contribution is 2.46. The van der Waals surface area contributed by atoms with Gasteiger partial charge in [-0.2, -0.15) is 0 Å². The molecule has 4 nitrogen and oxygen atoms in total. The molecule has 0 spiro atoms. The minimum absolute atomic E-state index is 0.127. The van der Waals surface area contributed by atoms with Gasteiger partial charge in [-0.15, -0.1) is 0 Å². The summed E-state index contributed by atoms with van der Waals surface area (Å²) in [6.07, 6.45) is 2.55. The normalized spacial score (nSPS) is 21.5. The topological polar surface area (TPSA) is 55.6 Å². The van der Waals surface area contributed by atoms with Crippen LogP contribution in [0.2, 0.25) is 0 Å². The molecule has 26 heavy (non-hydrogen) atoms. The fraction of sp³-hybridized carbons (Fsp3) is 0.600. The van der Waals surface area contributed by atoms with Crippen LogP contribution in [0.4, 0.5) is 9.18 Å². The van der Waals surface area contributed by atoms with Crippen LogP contribution in [0.5, 0.6) is 0 Å².